The Bertz CT molecular complexity index is 335. The lowest BCUT2D eigenvalue weighted by atomic mass is 10.1. The van der Waals surface area contributed by atoms with E-state index in [1.165, 1.54) is 12.8 Å². The quantitative estimate of drug-likeness (QED) is 0.392. The number of unbranched alkanes of at least 4 members (excludes halogenated alkanes) is 3. The molecule has 0 heterocycles. The minimum Gasteiger partial charge on any atom is -0.382 e. The van der Waals surface area contributed by atoms with Crippen LogP contribution >= 0.6 is 0 Å². The van der Waals surface area contributed by atoms with Gasteiger partial charge < -0.3 is 20.1 Å². The molecular weight excluding hydrogens is 320 g/mol. The number of hydrogen-bond donors (Lipinski definition) is 2. The van der Waals surface area contributed by atoms with E-state index < -0.39 is 0 Å². The van der Waals surface area contributed by atoms with E-state index in [0.717, 1.165) is 38.1 Å². The van der Waals surface area contributed by atoms with Gasteiger partial charge >= 0.3 is 0 Å². The monoisotopic (exact) mass is 358 g/mol. The molecule has 148 valence electrons. The van der Waals surface area contributed by atoms with Crippen molar-refractivity contribution in [3.63, 3.8) is 0 Å². The van der Waals surface area contributed by atoms with Crippen molar-refractivity contribution in [1.29, 1.82) is 0 Å². The van der Waals surface area contributed by atoms with E-state index in [1.54, 1.807) is 7.11 Å². The molecule has 2 amide bonds. The zero-order valence-corrected chi connectivity index (χ0v) is 16.4. The molecule has 6 nitrogen and oxygen atoms in total. The predicted molar refractivity (Wildman–Crippen MR) is 100 cm³/mol. The van der Waals surface area contributed by atoms with E-state index in [4.69, 9.17) is 9.47 Å². The van der Waals surface area contributed by atoms with Crippen LogP contribution in [-0.2, 0) is 19.1 Å². The highest BCUT2D eigenvalue weighted by Gasteiger charge is 2.03. The van der Waals surface area contributed by atoms with Gasteiger partial charge in [0.1, 0.15) is 0 Å². The van der Waals surface area contributed by atoms with E-state index in [9.17, 15) is 9.59 Å². The summed E-state index contributed by atoms with van der Waals surface area (Å²) in [6, 6.07) is 0. The second-order valence-electron chi connectivity index (χ2n) is 6.76. The molecule has 2 N–H and O–H groups in total. The van der Waals surface area contributed by atoms with Gasteiger partial charge in [-0.3, -0.25) is 9.59 Å². The minimum absolute atomic E-state index is 0.0107. The molecule has 0 spiro atoms. The Hall–Kier alpha value is -1.14. The van der Waals surface area contributed by atoms with Crippen LogP contribution in [0.5, 0.6) is 0 Å². The van der Waals surface area contributed by atoms with Crippen molar-refractivity contribution >= 4 is 11.8 Å². The third-order valence-electron chi connectivity index (χ3n) is 3.84. The van der Waals surface area contributed by atoms with Crippen LogP contribution in [0.25, 0.3) is 0 Å². The lowest BCUT2D eigenvalue weighted by Gasteiger charge is -2.07. The smallest absolute Gasteiger partial charge is 0.222 e. The molecule has 25 heavy (non-hydrogen) atoms. The third-order valence-corrected chi connectivity index (χ3v) is 3.84. The summed E-state index contributed by atoms with van der Waals surface area (Å²) in [4.78, 5) is 23.2. The number of methoxy groups -OCH3 is 1. The van der Waals surface area contributed by atoms with Gasteiger partial charge in [0.25, 0.3) is 0 Å². The molecule has 0 bridgehead atoms. The molecular formula is C19H38N2O4. The number of hydrogen-bond acceptors (Lipinski definition) is 4. The predicted octanol–water partition coefficient (Wildman–Crippen LogP) is 2.66. The Morgan fingerprint density at radius 2 is 1.44 bits per heavy atom. The van der Waals surface area contributed by atoms with Gasteiger partial charge in [-0.1, -0.05) is 33.1 Å². The summed E-state index contributed by atoms with van der Waals surface area (Å²) >= 11 is 0. The third kappa shape index (κ3) is 19.0. The number of ether oxygens (including phenoxy) is 2. The molecule has 0 fully saturated rings. The van der Waals surface area contributed by atoms with E-state index in [0.29, 0.717) is 39.2 Å². The first-order chi connectivity index (χ1) is 12.1. The van der Waals surface area contributed by atoms with Crippen LogP contribution < -0.4 is 10.6 Å². The van der Waals surface area contributed by atoms with Crippen LogP contribution in [0.3, 0.4) is 0 Å². The zero-order valence-electron chi connectivity index (χ0n) is 16.4. The minimum atomic E-state index is 0.0107. The Morgan fingerprint density at radius 3 is 2.08 bits per heavy atom. The van der Waals surface area contributed by atoms with Crippen LogP contribution in [0.2, 0.25) is 0 Å². The lowest BCUT2D eigenvalue weighted by Crippen LogP contribution is -2.26. The first-order valence-electron chi connectivity index (χ1n) is 9.66. The van der Waals surface area contributed by atoms with Gasteiger partial charge in [-0.2, -0.15) is 0 Å². The average Bonchev–Trinajstić information content (AvgIpc) is 2.57. The molecule has 0 rings (SSSR count). The van der Waals surface area contributed by atoms with Crippen molar-refractivity contribution < 1.29 is 19.1 Å². The molecule has 0 aliphatic heterocycles. The van der Waals surface area contributed by atoms with Crippen molar-refractivity contribution in [2.24, 2.45) is 5.92 Å². The Labute approximate surface area is 153 Å². The number of nitrogens with one attached hydrogen (secondary N) is 2. The summed E-state index contributed by atoms with van der Waals surface area (Å²) in [6.45, 7) is 7.38. The van der Waals surface area contributed by atoms with Gasteiger partial charge in [0, 0.05) is 33.0 Å². The van der Waals surface area contributed by atoms with Crippen molar-refractivity contribution in [3.8, 4) is 0 Å². The van der Waals surface area contributed by atoms with Crippen LogP contribution in [0.4, 0.5) is 0 Å². The molecule has 6 heteroatoms. The maximum Gasteiger partial charge on any atom is 0.222 e. The zero-order chi connectivity index (χ0) is 18.8. The fourth-order valence-electron chi connectivity index (χ4n) is 2.31. The van der Waals surface area contributed by atoms with Crippen LogP contribution in [-0.4, -0.2) is 51.8 Å². The molecule has 0 aliphatic rings. The normalized spacial score (nSPS) is 10.9. The van der Waals surface area contributed by atoms with Crippen LogP contribution in [0.15, 0.2) is 0 Å². The molecule has 0 radical (unpaired) electrons. The molecule has 0 aromatic rings. The van der Waals surface area contributed by atoms with Gasteiger partial charge in [0.15, 0.2) is 0 Å². The van der Waals surface area contributed by atoms with Crippen molar-refractivity contribution in [2.75, 3.05) is 40.0 Å². The fraction of sp³-hybridized carbons (Fsp3) is 0.895. The summed E-state index contributed by atoms with van der Waals surface area (Å²) in [5, 5.41) is 5.84. The highest BCUT2D eigenvalue weighted by Crippen LogP contribution is 2.05. The van der Waals surface area contributed by atoms with E-state index in [-0.39, 0.29) is 11.8 Å². The first kappa shape index (κ1) is 23.9. The Balaban J connectivity index is 3.31. The van der Waals surface area contributed by atoms with Crippen molar-refractivity contribution in [2.45, 2.75) is 65.2 Å². The van der Waals surface area contributed by atoms with Gasteiger partial charge in [-0.25, -0.2) is 0 Å². The molecule has 0 atom stereocenters. The van der Waals surface area contributed by atoms with Crippen molar-refractivity contribution in [1.82, 2.24) is 10.6 Å². The highest BCUT2D eigenvalue weighted by molar-refractivity contribution is 5.76. The standard InChI is InChI=1S/C19H38N2O4/c1-17(2)9-6-8-13-20-18(22)10-5-4-7-12-21-19(23)11-14-25-16-15-24-3/h17H,4-16H2,1-3H3,(H,20,22)(H,21,23). The number of carbonyl (C=O) groups excluding carboxylic acids is 2. The number of rotatable bonds is 17. The molecule has 0 aromatic heterocycles. The van der Waals surface area contributed by atoms with Gasteiger partial charge in [0.2, 0.25) is 11.8 Å². The summed E-state index contributed by atoms with van der Waals surface area (Å²) in [6.07, 6.45) is 7.13. The summed E-state index contributed by atoms with van der Waals surface area (Å²) in [7, 11) is 1.62. The Morgan fingerprint density at radius 1 is 0.800 bits per heavy atom. The maximum atomic E-state index is 11.7. The summed E-state index contributed by atoms with van der Waals surface area (Å²) < 4.78 is 10.1. The SMILES string of the molecule is COCCOCCC(=O)NCCCCCC(=O)NCCCCC(C)C. The number of carbonyl (C=O) groups is 2. The van der Waals surface area contributed by atoms with Crippen molar-refractivity contribution in [3.05, 3.63) is 0 Å². The van der Waals surface area contributed by atoms with Gasteiger partial charge in [0.05, 0.1) is 19.8 Å². The van der Waals surface area contributed by atoms with E-state index >= 15 is 0 Å². The van der Waals surface area contributed by atoms with Gasteiger partial charge in [-0.05, 0) is 25.2 Å². The van der Waals surface area contributed by atoms with Crippen LogP contribution in [0, 0.1) is 5.92 Å². The molecule has 0 aliphatic carbocycles. The summed E-state index contributed by atoms with van der Waals surface area (Å²) in [5.41, 5.74) is 0. The fourth-order valence-corrected chi connectivity index (χ4v) is 2.31. The highest BCUT2D eigenvalue weighted by atomic mass is 16.5. The van der Waals surface area contributed by atoms with E-state index in [2.05, 4.69) is 24.5 Å². The maximum absolute atomic E-state index is 11.7. The molecule has 0 saturated carbocycles. The van der Waals surface area contributed by atoms with Gasteiger partial charge in [-0.15, -0.1) is 0 Å². The molecule has 0 saturated heterocycles. The molecule has 0 aromatic carbocycles. The second kappa shape index (κ2) is 17.7. The topological polar surface area (TPSA) is 76.7 Å². The second-order valence-corrected chi connectivity index (χ2v) is 6.76. The average molecular weight is 359 g/mol. The first-order valence-corrected chi connectivity index (χ1v) is 9.66. The largest absolute Gasteiger partial charge is 0.382 e. The lowest BCUT2D eigenvalue weighted by molar-refractivity contribution is -0.122. The van der Waals surface area contributed by atoms with E-state index in [1.807, 2.05) is 0 Å². The Kier molecular flexibility index (Phi) is 16.9. The number of amides is 2. The molecule has 0 unspecified atom stereocenters. The van der Waals surface area contributed by atoms with Crippen LogP contribution in [0.1, 0.15) is 65.2 Å². The summed E-state index contributed by atoms with van der Waals surface area (Å²) in [5.74, 6) is 0.887.